The van der Waals surface area contributed by atoms with Crippen molar-refractivity contribution in [2.24, 2.45) is 0 Å². The van der Waals surface area contributed by atoms with Crippen molar-refractivity contribution in [2.45, 2.75) is 63.6 Å². The van der Waals surface area contributed by atoms with Gasteiger partial charge in [0.1, 0.15) is 16.7 Å². The number of nitrogens with zero attached hydrogens (tertiary/aromatic N) is 2. The molecular weight excluding hydrogens is 482 g/mol. The van der Waals surface area contributed by atoms with Crippen LogP contribution in [0.2, 0.25) is 0 Å². The van der Waals surface area contributed by atoms with Crippen molar-refractivity contribution in [1.82, 2.24) is 14.5 Å². The van der Waals surface area contributed by atoms with Crippen LogP contribution in [-0.4, -0.2) is 61.1 Å². The molecule has 2 atom stereocenters. The lowest BCUT2D eigenvalue weighted by molar-refractivity contribution is -0.141. The van der Waals surface area contributed by atoms with E-state index in [0.29, 0.717) is 12.2 Å². The van der Waals surface area contributed by atoms with Crippen molar-refractivity contribution in [3.8, 4) is 5.75 Å². The van der Waals surface area contributed by atoms with Gasteiger partial charge < -0.3 is 15.0 Å². The summed E-state index contributed by atoms with van der Waals surface area (Å²) in [7, 11) is -2.49. The van der Waals surface area contributed by atoms with Crippen molar-refractivity contribution >= 4 is 27.7 Å². The van der Waals surface area contributed by atoms with Gasteiger partial charge in [-0.15, -0.1) is 0 Å². The second-order valence-electron chi connectivity index (χ2n) is 8.74. The molecule has 194 valence electrons. The molecule has 3 amide bonds. The number of sulfonamides is 1. The molecule has 0 radical (unpaired) electrons. The van der Waals surface area contributed by atoms with Crippen LogP contribution in [0.15, 0.2) is 53.4 Å². The minimum atomic E-state index is -4.03. The minimum absolute atomic E-state index is 0.0601. The summed E-state index contributed by atoms with van der Waals surface area (Å²) in [5.41, 5.74) is 0.854. The maximum Gasteiger partial charge on any atom is 0.269 e. The van der Waals surface area contributed by atoms with Crippen LogP contribution in [0, 0.1) is 0 Å². The van der Waals surface area contributed by atoms with Gasteiger partial charge in [-0.05, 0) is 49.6 Å². The Morgan fingerprint density at radius 2 is 1.81 bits per heavy atom. The first-order chi connectivity index (χ1) is 17.1. The highest BCUT2D eigenvalue weighted by Crippen LogP contribution is 2.30. The van der Waals surface area contributed by atoms with E-state index in [1.54, 1.807) is 37.4 Å². The molecule has 0 fully saturated rings. The van der Waals surface area contributed by atoms with E-state index < -0.39 is 27.9 Å². The molecule has 2 aromatic carbocycles. The van der Waals surface area contributed by atoms with E-state index >= 15 is 0 Å². The first kappa shape index (κ1) is 27.2. The number of rotatable bonds is 11. The van der Waals surface area contributed by atoms with Crippen molar-refractivity contribution in [3.05, 3.63) is 59.7 Å². The molecule has 0 aliphatic carbocycles. The summed E-state index contributed by atoms with van der Waals surface area (Å²) < 4.78 is 31.8. The summed E-state index contributed by atoms with van der Waals surface area (Å²) in [5.74, 6) is -0.744. The molecular formula is C26H33N3O6S. The molecule has 1 heterocycles. The molecule has 10 heteroatoms. The Labute approximate surface area is 212 Å². The second-order valence-corrected chi connectivity index (χ2v) is 10.6. The van der Waals surface area contributed by atoms with Gasteiger partial charge in [0.2, 0.25) is 11.8 Å². The van der Waals surface area contributed by atoms with Gasteiger partial charge in [-0.1, -0.05) is 38.1 Å². The first-order valence-electron chi connectivity index (χ1n) is 12.0. The Hall–Kier alpha value is -3.40. The second kappa shape index (κ2) is 11.6. The fraction of sp³-hybridized carbons (Fsp3) is 0.423. The maximum atomic E-state index is 13.5. The van der Waals surface area contributed by atoms with Gasteiger partial charge >= 0.3 is 0 Å². The number of benzene rings is 2. The zero-order valence-corrected chi connectivity index (χ0v) is 21.9. The Morgan fingerprint density at radius 1 is 1.08 bits per heavy atom. The van der Waals surface area contributed by atoms with E-state index in [1.807, 2.05) is 26.8 Å². The zero-order chi connectivity index (χ0) is 26.5. The lowest BCUT2D eigenvalue weighted by atomic mass is 10.1. The topological polar surface area (TPSA) is 113 Å². The molecule has 2 aromatic rings. The normalized spacial score (nSPS) is 15.7. The highest BCUT2D eigenvalue weighted by Gasteiger charge is 2.41. The molecule has 0 saturated carbocycles. The summed E-state index contributed by atoms with van der Waals surface area (Å²) >= 11 is 0. The van der Waals surface area contributed by atoms with E-state index in [2.05, 4.69) is 5.32 Å². The van der Waals surface area contributed by atoms with E-state index in [4.69, 9.17) is 4.74 Å². The molecule has 0 bridgehead atoms. The molecule has 1 aliphatic rings. The van der Waals surface area contributed by atoms with E-state index in [1.165, 1.54) is 17.0 Å². The number of hydrogen-bond donors (Lipinski definition) is 1. The van der Waals surface area contributed by atoms with Crippen LogP contribution in [-0.2, 0) is 26.2 Å². The van der Waals surface area contributed by atoms with Crippen LogP contribution in [0.1, 0.15) is 56.0 Å². The highest BCUT2D eigenvalue weighted by molar-refractivity contribution is 7.90. The smallest absolute Gasteiger partial charge is 0.269 e. The lowest BCUT2D eigenvalue weighted by Gasteiger charge is -2.32. The van der Waals surface area contributed by atoms with E-state index in [-0.39, 0.29) is 41.9 Å². The van der Waals surface area contributed by atoms with Crippen LogP contribution in [0.4, 0.5) is 0 Å². The highest BCUT2D eigenvalue weighted by atomic mass is 32.2. The number of nitrogens with one attached hydrogen (secondary N) is 1. The Morgan fingerprint density at radius 3 is 2.44 bits per heavy atom. The summed E-state index contributed by atoms with van der Waals surface area (Å²) in [5, 5.41) is 2.94. The predicted molar refractivity (Wildman–Crippen MR) is 135 cm³/mol. The van der Waals surface area contributed by atoms with Gasteiger partial charge in [0.15, 0.2) is 0 Å². The molecule has 0 unspecified atom stereocenters. The minimum Gasteiger partial charge on any atom is -0.497 e. The van der Waals surface area contributed by atoms with Gasteiger partial charge in [0, 0.05) is 25.6 Å². The number of carbonyl (C=O) groups is 3. The summed E-state index contributed by atoms with van der Waals surface area (Å²) in [6.07, 6.45) is 0.849. The average molecular weight is 516 g/mol. The first-order valence-corrected chi connectivity index (χ1v) is 13.5. The molecule has 36 heavy (non-hydrogen) atoms. The van der Waals surface area contributed by atoms with E-state index in [9.17, 15) is 22.8 Å². The van der Waals surface area contributed by atoms with Crippen LogP contribution in [0.25, 0.3) is 0 Å². The third-order valence-corrected chi connectivity index (χ3v) is 8.16. The van der Waals surface area contributed by atoms with Gasteiger partial charge in [0.25, 0.3) is 15.9 Å². The van der Waals surface area contributed by atoms with Gasteiger partial charge in [-0.2, -0.15) is 0 Å². The van der Waals surface area contributed by atoms with Crippen molar-refractivity contribution in [2.75, 3.05) is 13.7 Å². The van der Waals surface area contributed by atoms with Crippen molar-refractivity contribution < 1.29 is 27.5 Å². The van der Waals surface area contributed by atoms with Gasteiger partial charge in [-0.25, -0.2) is 12.7 Å². The molecule has 1 N–H and O–H groups in total. The fourth-order valence-corrected chi connectivity index (χ4v) is 5.69. The van der Waals surface area contributed by atoms with Gasteiger partial charge in [-0.3, -0.25) is 14.4 Å². The van der Waals surface area contributed by atoms with Crippen molar-refractivity contribution in [1.29, 1.82) is 0 Å². The lowest BCUT2D eigenvalue weighted by Crippen LogP contribution is -2.51. The predicted octanol–water partition coefficient (Wildman–Crippen LogP) is 2.95. The number of ether oxygens (including phenoxy) is 1. The monoisotopic (exact) mass is 515 g/mol. The van der Waals surface area contributed by atoms with Crippen LogP contribution in [0.5, 0.6) is 5.75 Å². The molecule has 1 aliphatic heterocycles. The largest absolute Gasteiger partial charge is 0.497 e. The number of fused-ring (bicyclic) bond motifs is 1. The molecule has 0 aromatic heterocycles. The molecule has 3 rings (SSSR count). The SMILES string of the molecule is CC[C@@H](C)NC(=O)[C@H](CC)N(Cc1cccc(OC)c1)C(=O)CCN1C(=O)c2ccccc2S1(=O)=O. The molecule has 9 nitrogen and oxygen atoms in total. The molecule has 0 spiro atoms. The molecule has 0 saturated heterocycles. The Balaban J connectivity index is 1.84. The number of methoxy groups -OCH3 is 1. The third-order valence-electron chi connectivity index (χ3n) is 6.31. The zero-order valence-electron chi connectivity index (χ0n) is 21.1. The fourth-order valence-electron chi connectivity index (χ4n) is 4.12. The Kier molecular flexibility index (Phi) is 8.73. The summed E-state index contributed by atoms with van der Waals surface area (Å²) in [4.78, 5) is 40.7. The average Bonchev–Trinajstić information content (AvgIpc) is 3.07. The Bertz CT molecular complexity index is 1230. The van der Waals surface area contributed by atoms with Crippen LogP contribution in [0.3, 0.4) is 0 Å². The van der Waals surface area contributed by atoms with E-state index in [0.717, 1.165) is 16.3 Å². The van der Waals surface area contributed by atoms with Gasteiger partial charge in [0.05, 0.1) is 12.7 Å². The van der Waals surface area contributed by atoms with Crippen LogP contribution >= 0.6 is 0 Å². The standard InChI is InChI=1S/C26H33N3O6S/c1-5-18(3)27-25(31)22(6-2)28(17-19-10-9-11-20(16-19)35-4)24(30)14-15-29-26(32)21-12-7-8-13-23(21)36(29,33)34/h7-13,16,18,22H,5-6,14-15,17H2,1-4H3,(H,27,31)/t18-,22+/m1/s1. The number of carbonyl (C=O) groups excluding carboxylic acids is 3. The number of amides is 3. The number of hydrogen-bond acceptors (Lipinski definition) is 6. The van der Waals surface area contributed by atoms with Crippen LogP contribution < -0.4 is 10.1 Å². The summed E-state index contributed by atoms with van der Waals surface area (Å²) in [6.45, 7) is 5.48. The summed E-state index contributed by atoms with van der Waals surface area (Å²) in [6, 6.07) is 12.3. The third kappa shape index (κ3) is 5.70. The van der Waals surface area contributed by atoms with Crippen molar-refractivity contribution in [3.63, 3.8) is 0 Å². The quantitative estimate of drug-likeness (QED) is 0.492. The maximum absolute atomic E-state index is 13.5.